The van der Waals surface area contributed by atoms with Crippen LogP contribution in [0.5, 0.6) is 0 Å². The molecule has 104 valence electrons. The van der Waals surface area contributed by atoms with Gasteiger partial charge in [0.15, 0.2) is 0 Å². The normalized spacial score (nSPS) is 13.0. The number of benzene rings is 2. The van der Waals surface area contributed by atoms with Gasteiger partial charge in [0.2, 0.25) is 0 Å². The first-order valence-electron chi connectivity index (χ1n) is 6.97. The summed E-state index contributed by atoms with van der Waals surface area (Å²) in [5.74, 6) is 0. The minimum Gasteiger partial charge on any atom is -0.0693 e. The zero-order valence-electron chi connectivity index (χ0n) is 12.4. The number of allylic oxidation sites excluding steroid dienone is 1. The monoisotopic (exact) mass is 392 g/mol. The molecule has 20 heavy (non-hydrogen) atoms. The minimum absolute atomic E-state index is 1.16. The molecule has 2 aromatic carbocycles. The second-order valence-electron chi connectivity index (χ2n) is 6.26. The average molecular weight is 392 g/mol. The van der Waals surface area contributed by atoms with Crippen LogP contribution in [0.1, 0.15) is 11.1 Å². The summed E-state index contributed by atoms with van der Waals surface area (Å²) in [4.78, 5) is 0. The predicted molar refractivity (Wildman–Crippen MR) is 102 cm³/mol. The van der Waals surface area contributed by atoms with Crippen LogP contribution in [0.2, 0.25) is 25.7 Å². The summed E-state index contributed by atoms with van der Waals surface area (Å²) in [5.41, 5.74) is 4.19. The lowest BCUT2D eigenvalue weighted by Gasteiger charge is -2.21. The Kier molecular flexibility index (Phi) is 5.21. The Morgan fingerprint density at radius 1 is 0.800 bits per heavy atom. The van der Waals surface area contributed by atoms with Crippen molar-refractivity contribution in [2.75, 3.05) is 0 Å². The fraction of sp³-hybridized carbons (Fsp3) is 0.222. The summed E-state index contributed by atoms with van der Waals surface area (Å²) < 4.78 is 1.39. The standard InChI is InChI=1S/C18H21ISi/c1-20(2,3)14-17(15-10-6-4-7-11-15)18(19)16-12-8-5-9-13-16/h4-13H,14H2,1-3H3. The van der Waals surface area contributed by atoms with Gasteiger partial charge in [-0.3, -0.25) is 0 Å². The average Bonchev–Trinajstić information content (AvgIpc) is 2.45. The molecule has 2 heteroatoms. The SMILES string of the molecule is C[Si](C)(C)CC(=C(I)c1ccccc1)c1ccccc1. The summed E-state index contributed by atoms with van der Waals surface area (Å²) in [6, 6.07) is 22.8. The van der Waals surface area contributed by atoms with Gasteiger partial charge in [-0.25, -0.2) is 0 Å². The highest BCUT2D eigenvalue weighted by atomic mass is 127. The highest BCUT2D eigenvalue weighted by Gasteiger charge is 2.19. The Morgan fingerprint density at radius 3 is 1.70 bits per heavy atom. The molecule has 0 N–H and O–H groups in total. The van der Waals surface area contributed by atoms with Crippen LogP contribution in [0.3, 0.4) is 0 Å². The maximum absolute atomic E-state index is 2.51. The van der Waals surface area contributed by atoms with E-state index in [0.29, 0.717) is 0 Å². The molecule has 0 aliphatic heterocycles. The third-order valence-corrected chi connectivity index (χ3v) is 5.81. The van der Waals surface area contributed by atoms with Crippen LogP contribution in [-0.4, -0.2) is 8.07 Å². The van der Waals surface area contributed by atoms with Gasteiger partial charge >= 0.3 is 0 Å². The molecule has 0 amide bonds. The molecule has 0 saturated carbocycles. The molecule has 0 saturated heterocycles. The van der Waals surface area contributed by atoms with Crippen molar-refractivity contribution in [3.8, 4) is 0 Å². The fourth-order valence-corrected chi connectivity index (χ4v) is 4.90. The smallest absolute Gasteiger partial charge is 0.0487 e. The molecule has 0 aromatic heterocycles. The van der Waals surface area contributed by atoms with E-state index < -0.39 is 8.07 Å². The Balaban J connectivity index is 2.52. The van der Waals surface area contributed by atoms with E-state index in [2.05, 4.69) is 103 Å². The van der Waals surface area contributed by atoms with Gasteiger partial charge in [0.05, 0.1) is 0 Å². The topological polar surface area (TPSA) is 0 Å². The number of halogens is 1. The van der Waals surface area contributed by atoms with Gasteiger partial charge in [-0.2, -0.15) is 0 Å². The largest absolute Gasteiger partial charge is 0.0693 e. The van der Waals surface area contributed by atoms with Crippen LogP contribution in [-0.2, 0) is 0 Å². The van der Waals surface area contributed by atoms with Gasteiger partial charge in [0.25, 0.3) is 0 Å². The van der Waals surface area contributed by atoms with Gasteiger partial charge < -0.3 is 0 Å². The molecule has 0 atom stereocenters. The zero-order valence-corrected chi connectivity index (χ0v) is 15.5. The first-order chi connectivity index (χ1) is 9.47. The maximum atomic E-state index is 2.51. The van der Waals surface area contributed by atoms with Crippen molar-refractivity contribution in [3.63, 3.8) is 0 Å². The summed E-state index contributed by atoms with van der Waals surface area (Å²) in [6.45, 7) is 7.31. The van der Waals surface area contributed by atoms with Crippen LogP contribution in [0, 0.1) is 0 Å². The van der Waals surface area contributed by atoms with Crippen molar-refractivity contribution in [1.29, 1.82) is 0 Å². The predicted octanol–water partition coefficient (Wildman–Crippen LogP) is 6.33. The van der Waals surface area contributed by atoms with Crippen LogP contribution in [0.15, 0.2) is 60.7 Å². The van der Waals surface area contributed by atoms with E-state index in [1.807, 2.05) is 0 Å². The highest BCUT2D eigenvalue weighted by Crippen LogP contribution is 2.36. The van der Waals surface area contributed by atoms with E-state index in [1.54, 1.807) is 0 Å². The number of hydrogen-bond donors (Lipinski definition) is 0. The van der Waals surface area contributed by atoms with Crippen molar-refractivity contribution in [2.24, 2.45) is 0 Å². The molecule has 0 bridgehead atoms. The van der Waals surface area contributed by atoms with E-state index in [-0.39, 0.29) is 0 Å². The molecule has 0 heterocycles. The molecule has 2 rings (SSSR count). The summed E-state index contributed by atoms with van der Waals surface area (Å²) in [5, 5.41) is 0. The van der Waals surface area contributed by atoms with E-state index in [1.165, 1.54) is 26.3 Å². The van der Waals surface area contributed by atoms with Crippen molar-refractivity contribution in [2.45, 2.75) is 25.7 Å². The summed E-state index contributed by atoms with van der Waals surface area (Å²) in [6.07, 6.45) is 0. The molecule has 0 spiro atoms. The summed E-state index contributed by atoms with van der Waals surface area (Å²) >= 11 is 2.51. The number of rotatable bonds is 4. The highest BCUT2D eigenvalue weighted by molar-refractivity contribution is 14.1. The van der Waals surface area contributed by atoms with E-state index >= 15 is 0 Å². The van der Waals surface area contributed by atoms with Gasteiger partial charge in [0.1, 0.15) is 0 Å². The second-order valence-corrected chi connectivity index (χ2v) is 12.8. The number of hydrogen-bond acceptors (Lipinski definition) is 0. The van der Waals surface area contributed by atoms with Gasteiger partial charge in [-0.05, 0) is 45.3 Å². The lowest BCUT2D eigenvalue weighted by molar-refractivity contribution is 1.48. The Labute approximate surface area is 137 Å². The van der Waals surface area contributed by atoms with E-state index in [9.17, 15) is 0 Å². The molecule has 0 aliphatic rings. The minimum atomic E-state index is -1.16. The first kappa shape index (κ1) is 15.5. The first-order valence-corrected chi connectivity index (χ1v) is 11.8. The Bertz CT molecular complexity index is 580. The molecular weight excluding hydrogens is 371 g/mol. The lowest BCUT2D eigenvalue weighted by atomic mass is 10.0. The molecule has 0 fully saturated rings. The van der Waals surface area contributed by atoms with Gasteiger partial charge in [-0.1, -0.05) is 80.3 Å². The van der Waals surface area contributed by atoms with E-state index in [4.69, 9.17) is 0 Å². The molecule has 2 aromatic rings. The Morgan fingerprint density at radius 2 is 1.25 bits per heavy atom. The lowest BCUT2D eigenvalue weighted by Crippen LogP contribution is -2.19. The van der Waals surface area contributed by atoms with Crippen molar-refractivity contribution in [1.82, 2.24) is 0 Å². The fourth-order valence-electron chi connectivity index (χ4n) is 2.23. The molecule has 0 radical (unpaired) electrons. The molecule has 0 unspecified atom stereocenters. The van der Waals surface area contributed by atoms with Crippen LogP contribution >= 0.6 is 22.6 Å². The third kappa shape index (κ3) is 4.32. The van der Waals surface area contributed by atoms with Crippen LogP contribution in [0.25, 0.3) is 9.15 Å². The van der Waals surface area contributed by atoms with Crippen molar-refractivity contribution in [3.05, 3.63) is 71.8 Å². The quantitative estimate of drug-likeness (QED) is 0.324. The van der Waals surface area contributed by atoms with Crippen molar-refractivity contribution >= 4 is 39.8 Å². The third-order valence-electron chi connectivity index (χ3n) is 3.12. The second kappa shape index (κ2) is 6.72. The van der Waals surface area contributed by atoms with Gasteiger partial charge in [-0.15, -0.1) is 0 Å². The van der Waals surface area contributed by atoms with E-state index in [0.717, 1.165) is 0 Å². The summed E-state index contributed by atoms with van der Waals surface area (Å²) in [7, 11) is -1.16. The van der Waals surface area contributed by atoms with Gasteiger partial charge in [0, 0.05) is 11.7 Å². The van der Waals surface area contributed by atoms with Crippen LogP contribution < -0.4 is 0 Å². The Hall–Kier alpha value is -0.873. The van der Waals surface area contributed by atoms with Crippen LogP contribution in [0.4, 0.5) is 0 Å². The molecule has 0 nitrogen and oxygen atoms in total. The molecular formula is C18H21ISi. The zero-order chi connectivity index (χ0) is 14.6. The maximum Gasteiger partial charge on any atom is 0.0487 e. The van der Waals surface area contributed by atoms with Crippen molar-refractivity contribution < 1.29 is 0 Å². The molecule has 0 aliphatic carbocycles.